The molecule has 1 unspecified atom stereocenters. The molecule has 3 N–H and O–H groups in total. The topological polar surface area (TPSA) is 64.7 Å². The Morgan fingerprint density at radius 2 is 1.69 bits per heavy atom. The molecule has 0 saturated carbocycles. The minimum atomic E-state index is -2.01. The van der Waals surface area contributed by atoms with Crippen molar-refractivity contribution in [3.05, 3.63) is 0 Å². The summed E-state index contributed by atoms with van der Waals surface area (Å²) in [4.78, 5) is 0. The summed E-state index contributed by atoms with van der Waals surface area (Å²) in [5.74, 6) is 0. The lowest BCUT2D eigenvalue weighted by Crippen LogP contribution is -2.50. The lowest BCUT2D eigenvalue weighted by atomic mass is 10.1. The minimum absolute atomic E-state index is 0.603. The van der Waals surface area contributed by atoms with Crippen LogP contribution in [-0.2, 0) is 8.85 Å². The van der Waals surface area contributed by atoms with Gasteiger partial charge in [-0.05, 0) is 39.7 Å². The Kier molecular flexibility index (Phi) is 9.16. The van der Waals surface area contributed by atoms with Crippen molar-refractivity contribution in [1.82, 2.24) is 0 Å². The summed E-state index contributed by atoms with van der Waals surface area (Å²) < 4.78 is 11.2. The van der Waals surface area contributed by atoms with Crippen LogP contribution < -0.4 is 5.73 Å². The zero-order valence-electron chi connectivity index (χ0n) is 10.9. The van der Waals surface area contributed by atoms with Crippen LogP contribution in [-0.4, -0.2) is 39.4 Å². The molecule has 5 heteroatoms. The molecular weight excluding hydrogens is 222 g/mol. The lowest BCUT2D eigenvalue weighted by molar-refractivity contribution is 0.0390. The second-order valence-electron chi connectivity index (χ2n) is 3.99. The Hall–Kier alpha value is 0.0569. The zero-order valence-corrected chi connectivity index (χ0v) is 12.0. The van der Waals surface area contributed by atoms with E-state index in [-0.39, 0.29) is 0 Å². The summed E-state index contributed by atoms with van der Waals surface area (Å²) in [5.41, 5.74) is 5.50. The molecule has 0 aliphatic rings. The van der Waals surface area contributed by atoms with Crippen LogP contribution in [0.2, 0.25) is 0 Å². The van der Waals surface area contributed by atoms with Gasteiger partial charge >= 0.3 is 9.28 Å². The van der Waals surface area contributed by atoms with Gasteiger partial charge in [0.25, 0.3) is 0 Å². The van der Waals surface area contributed by atoms with Gasteiger partial charge in [-0.3, -0.25) is 0 Å². The molecule has 0 aliphatic heterocycles. The van der Waals surface area contributed by atoms with Crippen molar-refractivity contribution < 1.29 is 14.0 Å². The number of nitrogens with two attached hydrogens (primary N) is 1. The van der Waals surface area contributed by atoms with Gasteiger partial charge in [-0.25, -0.2) is 0 Å². The molecule has 0 aliphatic carbocycles. The SMILES string of the molecule is CCCC(O)(CCCN)[SiH](OCC)OCC. The van der Waals surface area contributed by atoms with E-state index in [1.807, 2.05) is 13.8 Å². The van der Waals surface area contributed by atoms with E-state index in [4.69, 9.17) is 14.6 Å². The van der Waals surface area contributed by atoms with Crippen molar-refractivity contribution >= 4 is 9.28 Å². The van der Waals surface area contributed by atoms with Crippen LogP contribution in [0, 0.1) is 0 Å². The highest BCUT2D eigenvalue weighted by molar-refractivity contribution is 6.48. The van der Waals surface area contributed by atoms with E-state index in [0.29, 0.717) is 26.2 Å². The molecule has 4 nitrogen and oxygen atoms in total. The quantitative estimate of drug-likeness (QED) is 0.569. The van der Waals surface area contributed by atoms with Crippen LogP contribution in [0.5, 0.6) is 0 Å². The van der Waals surface area contributed by atoms with E-state index in [0.717, 1.165) is 19.3 Å². The fourth-order valence-corrected chi connectivity index (χ4v) is 4.15. The average molecular weight is 249 g/mol. The molecule has 0 fully saturated rings. The van der Waals surface area contributed by atoms with Crippen molar-refractivity contribution in [3.63, 3.8) is 0 Å². The van der Waals surface area contributed by atoms with E-state index in [9.17, 15) is 5.11 Å². The smallest absolute Gasteiger partial charge is 0.354 e. The summed E-state index contributed by atoms with van der Waals surface area (Å²) in [6.07, 6.45) is 3.18. The minimum Gasteiger partial charge on any atom is -0.395 e. The maximum Gasteiger partial charge on any atom is 0.354 e. The van der Waals surface area contributed by atoms with Gasteiger partial charge in [0.1, 0.15) is 5.22 Å². The maximum atomic E-state index is 10.6. The maximum absolute atomic E-state index is 10.6. The van der Waals surface area contributed by atoms with Crippen molar-refractivity contribution in [2.75, 3.05) is 19.8 Å². The number of aliphatic hydroxyl groups is 1. The van der Waals surface area contributed by atoms with E-state index in [1.165, 1.54) is 0 Å². The first-order valence-electron chi connectivity index (χ1n) is 6.30. The summed E-state index contributed by atoms with van der Waals surface area (Å²) in [6.45, 7) is 7.75. The molecule has 0 amide bonds. The zero-order chi connectivity index (χ0) is 12.4. The van der Waals surface area contributed by atoms with Crippen LogP contribution in [0.1, 0.15) is 46.5 Å². The monoisotopic (exact) mass is 249 g/mol. The van der Waals surface area contributed by atoms with Crippen LogP contribution in [0.3, 0.4) is 0 Å². The third-order valence-corrected chi connectivity index (χ3v) is 5.30. The van der Waals surface area contributed by atoms with Gasteiger partial charge < -0.3 is 19.7 Å². The molecule has 0 heterocycles. The van der Waals surface area contributed by atoms with Crippen LogP contribution in [0.25, 0.3) is 0 Å². The second kappa shape index (κ2) is 9.12. The normalized spacial score (nSPS) is 15.4. The third-order valence-electron chi connectivity index (χ3n) is 2.57. The van der Waals surface area contributed by atoms with E-state index < -0.39 is 14.5 Å². The Labute approximate surface area is 101 Å². The predicted molar refractivity (Wildman–Crippen MR) is 68.5 cm³/mol. The van der Waals surface area contributed by atoms with E-state index >= 15 is 0 Å². The molecule has 0 rings (SSSR count). The highest BCUT2D eigenvalue weighted by Crippen LogP contribution is 2.24. The van der Waals surface area contributed by atoms with Gasteiger partial charge in [0.15, 0.2) is 0 Å². The van der Waals surface area contributed by atoms with E-state index in [1.54, 1.807) is 0 Å². The summed E-state index contributed by atoms with van der Waals surface area (Å²) in [5, 5.41) is 9.86. The predicted octanol–water partition coefficient (Wildman–Crippen LogP) is 1.09. The van der Waals surface area contributed by atoms with Gasteiger partial charge in [0, 0.05) is 13.2 Å². The van der Waals surface area contributed by atoms with E-state index in [2.05, 4.69) is 6.92 Å². The molecule has 0 radical (unpaired) electrons. The Morgan fingerprint density at radius 3 is 2.06 bits per heavy atom. The fourth-order valence-electron chi connectivity index (χ4n) is 1.86. The Bertz CT molecular complexity index is 165. The largest absolute Gasteiger partial charge is 0.395 e. The van der Waals surface area contributed by atoms with Crippen LogP contribution in [0.15, 0.2) is 0 Å². The van der Waals surface area contributed by atoms with Gasteiger partial charge in [0.2, 0.25) is 0 Å². The van der Waals surface area contributed by atoms with Gasteiger partial charge in [0.05, 0.1) is 0 Å². The van der Waals surface area contributed by atoms with Crippen LogP contribution >= 0.6 is 0 Å². The molecular formula is C11H27NO3Si. The molecule has 16 heavy (non-hydrogen) atoms. The number of hydrogen-bond donors (Lipinski definition) is 2. The molecule has 0 spiro atoms. The Morgan fingerprint density at radius 1 is 1.12 bits per heavy atom. The summed E-state index contributed by atoms with van der Waals surface area (Å²) in [7, 11) is -2.01. The van der Waals surface area contributed by atoms with Crippen LogP contribution in [0.4, 0.5) is 0 Å². The van der Waals surface area contributed by atoms with Crippen molar-refractivity contribution in [2.45, 2.75) is 51.7 Å². The third kappa shape index (κ3) is 5.40. The fraction of sp³-hybridized carbons (Fsp3) is 1.00. The Balaban J connectivity index is 4.50. The molecule has 0 aromatic carbocycles. The van der Waals surface area contributed by atoms with Crippen molar-refractivity contribution in [2.24, 2.45) is 5.73 Å². The van der Waals surface area contributed by atoms with Gasteiger partial charge in [-0.1, -0.05) is 13.3 Å². The molecule has 1 atom stereocenters. The highest BCUT2D eigenvalue weighted by atomic mass is 28.3. The average Bonchev–Trinajstić information content (AvgIpc) is 2.26. The lowest BCUT2D eigenvalue weighted by Gasteiger charge is -2.33. The molecule has 98 valence electrons. The van der Waals surface area contributed by atoms with Crippen molar-refractivity contribution in [1.29, 1.82) is 0 Å². The first kappa shape index (κ1) is 16.1. The van der Waals surface area contributed by atoms with Crippen molar-refractivity contribution in [3.8, 4) is 0 Å². The summed E-state index contributed by atoms with van der Waals surface area (Å²) in [6, 6.07) is 0. The molecule has 0 aromatic heterocycles. The second-order valence-corrected chi connectivity index (χ2v) is 6.39. The van der Waals surface area contributed by atoms with Gasteiger partial charge in [-0.2, -0.15) is 0 Å². The number of hydrogen-bond acceptors (Lipinski definition) is 4. The standard InChI is InChI=1S/C11H27NO3Si/c1-4-8-11(13,9-7-10-12)16(14-5-2)15-6-3/h13,16H,4-10,12H2,1-3H3. The van der Waals surface area contributed by atoms with Gasteiger partial charge in [-0.15, -0.1) is 0 Å². The molecule has 0 saturated heterocycles. The first-order chi connectivity index (χ1) is 7.64. The number of rotatable bonds is 10. The molecule has 0 bridgehead atoms. The summed E-state index contributed by atoms with van der Waals surface area (Å²) >= 11 is 0. The highest BCUT2D eigenvalue weighted by Gasteiger charge is 2.39. The first-order valence-corrected chi connectivity index (χ1v) is 7.82. The molecule has 0 aromatic rings.